The maximum absolute atomic E-state index is 13.3. The third-order valence-corrected chi connectivity index (χ3v) is 5.13. The number of hydrogen-bond acceptors (Lipinski definition) is 7. The molecule has 0 bridgehead atoms. The molecule has 3 aromatic rings. The Kier molecular flexibility index (Phi) is 5.32. The summed E-state index contributed by atoms with van der Waals surface area (Å²) in [6, 6.07) is 8.83. The molecule has 10 heteroatoms. The van der Waals surface area contributed by atoms with E-state index in [0.29, 0.717) is 44.2 Å². The van der Waals surface area contributed by atoms with Crippen LogP contribution in [0.2, 0.25) is 0 Å². The van der Waals surface area contributed by atoms with Crippen molar-refractivity contribution in [2.75, 3.05) is 45.2 Å². The van der Waals surface area contributed by atoms with Gasteiger partial charge in [0.2, 0.25) is 0 Å². The van der Waals surface area contributed by atoms with Gasteiger partial charge < -0.3 is 19.1 Å². The predicted octanol–water partition coefficient (Wildman–Crippen LogP) is 1.66. The lowest BCUT2D eigenvalue weighted by Crippen LogP contribution is -2.49. The third kappa shape index (κ3) is 3.81. The second-order valence-corrected chi connectivity index (χ2v) is 7.48. The number of nitro groups is 1. The Morgan fingerprint density at radius 1 is 1.17 bits per heavy atom. The first-order chi connectivity index (χ1) is 14.4. The number of rotatable bonds is 5. The van der Waals surface area contributed by atoms with Crippen molar-refractivity contribution in [1.82, 2.24) is 24.2 Å². The molecule has 4 heterocycles. The summed E-state index contributed by atoms with van der Waals surface area (Å²) in [4.78, 5) is 38.2. The Morgan fingerprint density at radius 3 is 2.57 bits per heavy atom. The van der Waals surface area contributed by atoms with Crippen LogP contribution in [-0.4, -0.2) is 75.3 Å². The van der Waals surface area contributed by atoms with E-state index in [0.717, 1.165) is 11.3 Å². The maximum atomic E-state index is 13.3. The van der Waals surface area contributed by atoms with Crippen molar-refractivity contribution >= 4 is 23.1 Å². The van der Waals surface area contributed by atoms with Crippen molar-refractivity contribution in [3.63, 3.8) is 0 Å². The van der Waals surface area contributed by atoms with E-state index in [1.807, 2.05) is 57.6 Å². The molecule has 0 spiro atoms. The van der Waals surface area contributed by atoms with Crippen molar-refractivity contribution < 1.29 is 9.72 Å². The van der Waals surface area contributed by atoms with Crippen LogP contribution in [-0.2, 0) is 6.54 Å². The zero-order chi connectivity index (χ0) is 21.3. The monoisotopic (exact) mass is 409 g/mol. The summed E-state index contributed by atoms with van der Waals surface area (Å²) in [7, 11) is 3.93. The second-order valence-electron chi connectivity index (χ2n) is 7.48. The molecule has 0 unspecified atom stereocenters. The summed E-state index contributed by atoms with van der Waals surface area (Å²) in [6.07, 6.45) is 3.19. The summed E-state index contributed by atoms with van der Waals surface area (Å²) in [6.45, 7) is 2.89. The summed E-state index contributed by atoms with van der Waals surface area (Å²) in [5.74, 6) is 0.598. The van der Waals surface area contributed by atoms with Crippen LogP contribution in [0, 0.1) is 10.1 Å². The topological polar surface area (TPSA) is 100 Å². The van der Waals surface area contributed by atoms with Gasteiger partial charge in [-0.15, -0.1) is 0 Å². The van der Waals surface area contributed by atoms with Gasteiger partial charge in [0.05, 0.1) is 10.6 Å². The van der Waals surface area contributed by atoms with Crippen LogP contribution < -0.4 is 4.90 Å². The van der Waals surface area contributed by atoms with Crippen molar-refractivity contribution in [1.29, 1.82) is 0 Å². The van der Waals surface area contributed by atoms with Gasteiger partial charge >= 0.3 is 0 Å². The number of carbonyl (C=O) groups excluding carboxylic acids is 1. The van der Waals surface area contributed by atoms with Gasteiger partial charge in [0.1, 0.15) is 17.7 Å². The molecule has 0 aliphatic carbocycles. The van der Waals surface area contributed by atoms with Crippen LogP contribution in [0.5, 0.6) is 0 Å². The molecule has 156 valence electrons. The van der Waals surface area contributed by atoms with E-state index in [-0.39, 0.29) is 11.6 Å². The normalized spacial score (nSPS) is 14.5. The molecule has 1 aliphatic rings. The van der Waals surface area contributed by atoms with Gasteiger partial charge in [0.15, 0.2) is 5.69 Å². The number of anilines is 1. The number of hydrogen-bond donors (Lipinski definition) is 0. The first-order valence-electron chi connectivity index (χ1n) is 9.69. The van der Waals surface area contributed by atoms with Crippen LogP contribution in [0.1, 0.15) is 16.2 Å². The highest BCUT2D eigenvalue weighted by atomic mass is 16.6. The predicted molar refractivity (Wildman–Crippen MR) is 112 cm³/mol. The van der Waals surface area contributed by atoms with Gasteiger partial charge in [-0.3, -0.25) is 14.9 Å². The number of nitrogens with zero attached hydrogens (tertiary/aromatic N) is 7. The van der Waals surface area contributed by atoms with E-state index in [9.17, 15) is 14.9 Å². The second kappa shape index (κ2) is 8.07. The first-order valence-corrected chi connectivity index (χ1v) is 9.69. The molecule has 30 heavy (non-hydrogen) atoms. The fourth-order valence-electron chi connectivity index (χ4n) is 3.63. The highest BCUT2D eigenvalue weighted by molar-refractivity contribution is 5.94. The Morgan fingerprint density at radius 2 is 1.93 bits per heavy atom. The maximum Gasteiger partial charge on any atom is 0.287 e. The van der Waals surface area contributed by atoms with E-state index in [1.54, 1.807) is 6.07 Å². The van der Waals surface area contributed by atoms with Gasteiger partial charge in [-0.25, -0.2) is 9.97 Å². The molecule has 10 nitrogen and oxygen atoms in total. The van der Waals surface area contributed by atoms with Crippen molar-refractivity contribution in [2.24, 2.45) is 0 Å². The fourth-order valence-corrected chi connectivity index (χ4v) is 3.63. The van der Waals surface area contributed by atoms with E-state index in [1.165, 1.54) is 12.3 Å². The van der Waals surface area contributed by atoms with E-state index < -0.39 is 4.92 Å². The van der Waals surface area contributed by atoms with Crippen LogP contribution >= 0.6 is 0 Å². The number of fused-ring (bicyclic) bond motifs is 1. The molecule has 4 rings (SSSR count). The van der Waals surface area contributed by atoms with Crippen molar-refractivity contribution in [2.45, 2.75) is 6.54 Å². The Balaban J connectivity index is 1.50. The molecule has 1 fully saturated rings. The van der Waals surface area contributed by atoms with Crippen LogP contribution in [0.3, 0.4) is 0 Å². The number of amides is 1. The quantitative estimate of drug-likeness (QED) is 0.467. The van der Waals surface area contributed by atoms with Crippen molar-refractivity contribution in [3.8, 4) is 0 Å². The highest BCUT2D eigenvalue weighted by Crippen LogP contribution is 2.20. The molecule has 0 saturated carbocycles. The standard InChI is InChI=1S/C20H23N7O3/c1-23(2)14-16-19(22-18-5-3-4-8-26(16)18)20(28)25-11-9-24(10-12-25)17-7-6-15(13-21-17)27(29)30/h3-8,13H,9-12,14H2,1-2H3. The summed E-state index contributed by atoms with van der Waals surface area (Å²) in [5.41, 5.74) is 2.08. The van der Waals surface area contributed by atoms with Crippen LogP contribution in [0.4, 0.5) is 11.5 Å². The number of pyridine rings is 2. The molecule has 3 aromatic heterocycles. The average molecular weight is 409 g/mol. The number of piperazine rings is 1. The van der Waals surface area contributed by atoms with E-state index >= 15 is 0 Å². The van der Waals surface area contributed by atoms with Gasteiger partial charge in [-0.2, -0.15) is 0 Å². The smallest absolute Gasteiger partial charge is 0.287 e. The molecular weight excluding hydrogens is 386 g/mol. The molecule has 1 saturated heterocycles. The number of aromatic nitrogens is 3. The molecule has 1 amide bonds. The van der Waals surface area contributed by atoms with Gasteiger partial charge in [-0.05, 0) is 32.3 Å². The summed E-state index contributed by atoms with van der Waals surface area (Å²) >= 11 is 0. The summed E-state index contributed by atoms with van der Waals surface area (Å²) in [5, 5.41) is 10.8. The number of imidazole rings is 1. The first kappa shape index (κ1) is 19.8. The van der Waals surface area contributed by atoms with Gasteiger partial charge in [0, 0.05) is 45.0 Å². The lowest BCUT2D eigenvalue weighted by molar-refractivity contribution is -0.385. The molecule has 0 N–H and O–H groups in total. The molecule has 0 radical (unpaired) electrons. The minimum atomic E-state index is -0.465. The minimum absolute atomic E-state index is 0.0344. The fraction of sp³-hybridized carbons (Fsp3) is 0.350. The molecule has 0 aromatic carbocycles. The van der Waals surface area contributed by atoms with Crippen molar-refractivity contribution in [3.05, 3.63) is 64.2 Å². The third-order valence-electron chi connectivity index (χ3n) is 5.13. The largest absolute Gasteiger partial charge is 0.353 e. The van der Waals surface area contributed by atoms with Crippen LogP contribution in [0.15, 0.2) is 42.7 Å². The van der Waals surface area contributed by atoms with Crippen LogP contribution in [0.25, 0.3) is 5.65 Å². The SMILES string of the molecule is CN(C)Cc1c(C(=O)N2CCN(c3ccc([N+](=O)[O-])cn3)CC2)nc2ccccn12. The Hall–Kier alpha value is -3.53. The van der Waals surface area contributed by atoms with Gasteiger partial charge in [0.25, 0.3) is 11.6 Å². The zero-order valence-corrected chi connectivity index (χ0v) is 16.9. The lowest BCUT2D eigenvalue weighted by Gasteiger charge is -2.35. The minimum Gasteiger partial charge on any atom is -0.353 e. The highest BCUT2D eigenvalue weighted by Gasteiger charge is 2.27. The lowest BCUT2D eigenvalue weighted by atomic mass is 10.2. The molecule has 1 aliphatic heterocycles. The Labute approximate surface area is 173 Å². The Bertz CT molecular complexity index is 1070. The number of carbonyl (C=O) groups is 1. The molecular formula is C20H23N7O3. The van der Waals surface area contributed by atoms with E-state index in [4.69, 9.17) is 0 Å². The van der Waals surface area contributed by atoms with Gasteiger partial charge in [-0.1, -0.05) is 6.07 Å². The molecule has 0 atom stereocenters. The average Bonchev–Trinajstić information content (AvgIpc) is 3.11. The summed E-state index contributed by atoms with van der Waals surface area (Å²) < 4.78 is 1.96. The van der Waals surface area contributed by atoms with E-state index in [2.05, 4.69) is 9.97 Å². The zero-order valence-electron chi connectivity index (χ0n) is 16.9.